The lowest BCUT2D eigenvalue weighted by atomic mass is 9.98. The number of halogens is 2. The topological polar surface area (TPSA) is 60.7 Å². The van der Waals surface area contributed by atoms with Crippen molar-refractivity contribution in [2.24, 2.45) is 0 Å². The van der Waals surface area contributed by atoms with Gasteiger partial charge in [0.05, 0.1) is 17.1 Å². The molecule has 1 aromatic heterocycles. The molecule has 1 atom stereocenters. The van der Waals surface area contributed by atoms with E-state index < -0.39 is 0 Å². The zero-order valence-electron chi connectivity index (χ0n) is 11.2. The van der Waals surface area contributed by atoms with Crippen molar-refractivity contribution in [3.63, 3.8) is 0 Å². The summed E-state index contributed by atoms with van der Waals surface area (Å²) in [5.74, 6) is 0. The van der Waals surface area contributed by atoms with Crippen LogP contribution in [0.2, 0.25) is 0 Å². The highest BCUT2D eigenvalue weighted by molar-refractivity contribution is 9.11. The molecule has 0 saturated heterocycles. The lowest BCUT2D eigenvalue weighted by Crippen LogP contribution is -2.18. The first-order valence-electron chi connectivity index (χ1n) is 6.42. The Labute approximate surface area is 138 Å². The van der Waals surface area contributed by atoms with Gasteiger partial charge in [-0.15, -0.1) is 0 Å². The predicted molar refractivity (Wildman–Crippen MR) is 91.7 cm³/mol. The van der Waals surface area contributed by atoms with Gasteiger partial charge in [0.25, 0.3) is 0 Å². The van der Waals surface area contributed by atoms with Gasteiger partial charge < -0.3 is 15.3 Å². The number of benzene rings is 2. The Morgan fingerprint density at radius 2 is 1.81 bits per heavy atom. The molecule has 0 spiro atoms. The van der Waals surface area contributed by atoms with Crippen LogP contribution in [0.5, 0.6) is 0 Å². The van der Waals surface area contributed by atoms with Crippen molar-refractivity contribution in [2.75, 3.05) is 7.05 Å². The van der Waals surface area contributed by atoms with Crippen LogP contribution < -0.4 is 11.0 Å². The normalized spacial score (nSPS) is 12.7. The highest BCUT2D eigenvalue weighted by Crippen LogP contribution is 2.31. The van der Waals surface area contributed by atoms with E-state index in [0.29, 0.717) is 0 Å². The van der Waals surface area contributed by atoms with Crippen molar-refractivity contribution in [2.45, 2.75) is 6.04 Å². The fraction of sp³-hybridized carbons (Fsp3) is 0.133. The van der Waals surface area contributed by atoms with E-state index in [2.05, 4.69) is 53.2 Å². The second-order valence-corrected chi connectivity index (χ2v) is 6.54. The van der Waals surface area contributed by atoms with Crippen molar-refractivity contribution in [3.05, 3.63) is 67.0 Å². The van der Waals surface area contributed by atoms with Crippen molar-refractivity contribution in [1.82, 2.24) is 15.3 Å². The number of H-pyrrole nitrogens is 2. The van der Waals surface area contributed by atoms with E-state index in [-0.39, 0.29) is 11.7 Å². The monoisotopic (exact) mass is 409 g/mol. The summed E-state index contributed by atoms with van der Waals surface area (Å²) in [6.45, 7) is 0. The van der Waals surface area contributed by atoms with E-state index in [0.717, 1.165) is 31.1 Å². The lowest BCUT2D eigenvalue weighted by molar-refractivity contribution is 0.689. The maximum atomic E-state index is 11.4. The van der Waals surface area contributed by atoms with Crippen molar-refractivity contribution in [1.29, 1.82) is 0 Å². The molecule has 0 aliphatic carbocycles. The molecule has 3 aromatic rings. The number of nitrogens with one attached hydrogen (secondary N) is 3. The number of fused-ring (bicyclic) bond motifs is 1. The minimum Gasteiger partial charge on any atom is -0.309 e. The van der Waals surface area contributed by atoms with Crippen LogP contribution in [-0.2, 0) is 0 Å². The summed E-state index contributed by atoms with van der Waals surface area (Å²) < 4.78 is 2.05. The first kappa shape index (κ1) is 14.6. The zero-order chi connectivity index (χ0) is 15.0. The molecule has 0 saturated carbocycles. The second-order valence-electron chi connectivity index (χ2n) is 4.77. The van der Waals surface area contributed by atoms with Crippen LogP contribution in [0, 0.1) is 0 Å². The third-order valence-corrected chi connectivity index (χ3v) is 4.62. The van der Waals surface area contributed by atoms with E-state index in [4.69, 9.17) is 0 Å². The van der Waals surface area contributed by atoms with Crippen molar-refractivity contribution >= 4 is 42.9 Å². The smallest absolute Gasteiger partial charge is 0.309 e. The molecule has 0 amide bonds. The predicted octanol–water partition coefficient (Wildman–Crippen LogP) is 3.69. The Bertz CT molecular complexity index is 853. The van der Waals surface area contributed by atoms with Gasteiger partial charge in [-0.2, -0.15) is 0 Å². The fourth-order valence-corrected chi connectivity index (χ4v) is 3.74. The van der Waals surface area contributed by atoms with Gasteiger partial charge in [0.2, 0.25) is 0 Å². The fourth-order valence-electron chi connectivity index (χ4n) is 2.47. The molecule has 0 aliphatic rings. The maximum absolute atomic E-state index is 11.4. The molecule has 0 fully saturated rings. The van der Waals surface area contributed by atoms with Gasteiger partial charge in [-0.3, -0.25) is 0 Å². The average molecular weight is 411 g/mol. The average Bonchev–Trinajstić information content (AvgIpc) is 2.81. The number of aromatic nitrogens is 2. The van der Waals surface area contributed by atoms with Gasteiger partial charge in [0.1, 0.15) is 0 Å². The van der Waals surface area contributed by atoms with Crippen molar-refractivity contribution in [3.8, 4) is 0 Å². The first-order chi connectivity index (χ1) is 10.1. The standard InChI is InChI=1S/C15H13Br2N3O/c1-18-14(10-4-3-9(16)7-11(10)17)8-2-5-12-13(6-8)20-15(21)19-12/h2-7,14,18H,1H3,(H2,19,20,21). The third kappa shape index (κ3) is 2.84. The van der Waals surface area contributed by atoms with E-state index in [1.54, 1.807) is 0 Å². The molecule has 0 bridgehead atoms. The Morgan fingerprint density at radius 1 is 1.05 bits per heavy atom. The van der Waals surface area contributed by atoms with Gasteiger partial charge in [-0.05, 0) is 42.4 Å². The number of hydrogen-bond acceptors (Lipinski definition) is 2. The van der Waals surface area contributed by atoms with Crippen LogP contribution in [0.1, 0.15) is 17.2 Å². The van der Waals surface area contributed by atoms with Crippen LogP contribution in [-0.4, -0.2) is 17.0 Å². The molecule has 0 radical (unpaired) electrons. The van der Waals surface area contributed by atoms with Crippen LogP contribution in [0.4, 0.5) is 0 Å². The highest BCUT2D eigenvalue weighted by atomic mass is 79.9. The summed E-state index contributed by atoms with van der Waals surface area (Å²) >= 11 is 7.07. The molecule has 0 aliphatic heterocycles. The minimum atomic E-state index is -0.187. The molecule has 6 heteroatoms. The number of aromatic amines is 2. The molecular weight excluding hydrogens is 398 g/mol. The molecule has 108 valence electrons. The highest BCUT2D eigenvalue weighted by Gasteiger charge is 2.16. The largest absolute Gasteiger partial charge is 0.323 e. The SMILES string of the molecule is CNC(c1ccc2[nH]c(=O)[nH]c2c1)c1ccc(Br)cc1Br. The Kier molecular flexibility index (Phi) is 4.01. The summed E-state index contributed by atoms with van der Waals surface area (Å²) in [5, 5.41) is 3.32. The molecular formula is C15H13Br2N3O. The van der Waals surface area contributed by atoms with Gasteiger partial charge in [0, 0.05) is 8.95 Å². The molecule has 1 unspecified atom stereocenters. The molecule has 3 N–H and O–H groups in total. The number of rotatable bonds is 3. The van der Waals surface area contributed by atoms with Gasteiger partial charge >= 0.3 is 5.69 Å². The summed E-state index contributed by atoms with van der Waals surface area (Å²) in [6.07, 6.45) is 0. The molecule has 3 rings (SSSR count). The first-order valence-corrected chi connectivity index (χ1v) is 8.01. The quantitative estimate of drug-likeness (QED) is 0.616. The number of hydrogen-bond donors (Lipinski definition) is 3. The van der Waals surface area contributed by atoms with E-state index in [1.807, 2.05) is 37.4 Å². The summed E-state index contributed by atoms with van der Waals surface area (Å²) in [7, 11) is 1.92. The molecule has 2 aromatic carbocycles. The minimum absolute atomic E-state index is 0.0373. The van der Waals surface area contributed by atoms with E-state index >= 15 is 0 Å². The van der Waals surface area contributed by atoms with Crippen LogP contribution in [0.3, 0.4) is 0 Å². The Morgan fingerprint density at radius 3 is 2.52 bits per heavy atom. The van der Waals surface area contributed by atoms with Gasteiger partial charge in [-0.25, -0.2) is 4.79 Å². The van der Waals surface area contributed by atoms with Gasteiger partial charge in [-0.1, -0.05) is 44.0 Å². The van der Waals surface area contributed by atoms with E-state index in [1.165, 1.54) is 0 Å². The molecule has 4 nitrogen and oxygen atoms in total. The second kappa shape index (κ2) is 5.79. The van der Waals surface area contributed by atoms with Gasteiger partial charge in [0.15, 0.2) is 0 Å². The van der Waals surface area contributed by atoms with Crippen LogP contribution in [0.25, 0.3) is 11.0 Å². The van der Waals surface area contributed by atoms with Crippen LogP contribution in [0.15, 0.2) is 50.1 Å². The molecule has 21 heavy (non-hydrogen) atoms. The number of imidazole rings is 1. The summed E-state index contributed by atoms with van der Waals surface area (Å²) in [4.78, 5) is 16.9. The van der Waals surface area contributed by atoms with Crippen LogP contribution >= 0.6 is 31.9 Å². The summed E-state index contributed by atoms with van der Waals surface area (Å²) in [6, 6.07) is 12.1. The zero-order valence-corrected chi connectivity index (χ0v) is 14.4. The van der Waals surface area contributed by atoms with Crippen molar-refractivity contribution < 1.29 is 0 Å². The van der Waals surface area contributed by atoms with E-state index in [9.17, 15) is 4.79 Å². The molecule has 1 heterocycles. The Balaban J connectivity index is 2.10. The lowest BCUT2D eigenvalue weighted by Gasteiger charge is -2.19. The third-order valence-electron chi connectivity index (χ3n) is 3.44. The summed E-state index contributed by atoms with van der Waals surface area (Å²) in [5.41, 5.74) is 3.66. The Hall–Kier alpha value is -1.37. The maximum Gasteiger partial charge on any atom is 0.323 e.